The predicted octanol–water partition coefficient (Wildman–Crippen LogP) is -0.138. The van der Waals surface area contributed by atoms with Crippen molar-refractivity contribution in [2.75, 3.05) is 63.9 Å². The third-order valence-corrected chi connectivity index (χ3v) is 7.66. The molecule has 32 heavy (non-hydrogen) atoms. The van der Waals surface area contributed by atoms with Crippen LogP contribution in [0.4, 0.5) is 0 Å². The van der Waals surface area contributed by atoms with E-state index in [9.17, 15) is 18.3 Å². The van der Waals surface area contributed by atoms with Gasteiger partial charge in [0.25, 0.3) is 0 Å². The van der Waals surface area contributed by atoms with Crippen molar-refractivity contribution in [3.05, 3.63) is 0 Å². The molecule has 0 amide bonds. The number of hydrogen-bond donors (Lipinski definition) is 8. The summed E-state index contributed by atoms with van der Waals surface area (Å²) in [6.45, 7) is 0.789. The summed E-state index contributed by atoms with van der Waals surface area (Å²) in [7, 11) is -16.9. The van der Waals surface area contributed by atoms with Gasteiger partial charge in [-0.1, -0.05) is 12.8 Å². The summed E-state index contributed by atoms with van der Waals surface area (Å²) in [6.07, 6.45) is 0.926. The van der Waals surface area contributed by atoms with E-state index in [0.29, 0.717) is 38.8 Å². The second kappa shape index (κ2) is 14.8. The van der Waals surface area contributed by atoms with Crippen molar-refractivity contribution in [2.24, 2.45) is 0 Å². The van der Waals surface area contributed by atoms with Crippen LogP contribution >= 0.6 is 30.4 Å². The van der Waals surface area contributed by atoms with Gasteiger partial charge in [-0.3, -0.25) is 18.3 Å². The summed E-state index contributed by atoms with van der Waals surface area (Å²) in [5.74, 6) is 0. The Hall–Kier alpha value is 0.520. The zero-order valence-corrected chi connectivity index (χ0v) is 21.4. The van der Waals surface area contributed by atoms with Crippen molar-refractivity contribution in [3.63, 3.8) is 0 Å². The van der Waals surface area contributed by atoms with E-state index in [4.69, 9.17) is 39.1 Å². The number of hydrogen-bond acceptors (Lipinski definition) is 6. The molecule has 0 aliphatic heterocycles. The first-order chi connectivity index (χ1) is 14.4. The van der Waals surface area contributed by atoms with Crippen LogP contribution in [-0.2, 0) is 18.3 Å². The highest BCUT2D eigenvalue weighted by Crippen LogP contribution is 2.36. The Morgan fingerprint density at radius 2 is 0.594 bits per heavy atom. The van der Waals surface area contributed by atoms with Crippen LogP contribution in [0.1, 0.15) is 25.7 Å². The van der Waals surface area contributed by atoms with E-state index in [1.165, 1.54) is 0 Å². The SMILES string of the molecule is O=P(O)(O)CCN(CCCCCCN(CCP(=O)(O)O)CCP(=O)(O)O)CCP(=O)(O)O. The van der Waals surface area contributed by atoms with Crippen molar-refractivity contribution in [1.82, 2.24) is 9.80 Å². The summed E-state index contributed by atoms with van der Waals surface area (Å²) >= 11 is 0. The van der Waals surface area contributed by atoms with Gasteiger partial charge in [0.1, 0.15) is 0 Å². The molecule has 8 N–H and O–H groups in total. The van der Waals surface area contributed by atoms with Crippen molar-refractivity contribution < 1.29 is 57.4 Å². The van der Waals surface area contributed by atoms with Gasteiger partial charge in [0, 0.05) is 26.2 Å². The van der Waals surface area contributed by atoms with Gasteiger partial charge in [-0.05, 0) is 25.9 Å². The van der Waals surface area contributed by atoms with Crippen LogP contribution in [0.5, 0.6) is 0 Å². The van der Waals surface area contributed by atoms with Crippen LogP contribution < -0.4 is 0 Å². The van der Waals surface area contributed by atoms with Gasteiger partial charge >= 0.3 is 30.4 Å². The maximum Gasteiger partial charge on any atom is 0.326 e. The molecule has 0 radical (unpaired) electrons. The molecule has 0 spiro atoms. The fourth-order valence-corrected chi connectivity index (χ4v) is 4.96. The second-order valence-electron chi connectivity index (χ2n) is 7.65. The molecular formula is C14H36N2O12P4. The van der Waals surface area contributed by atoms with Crippen molar-refractivity contribution >= 4 is 30.4 Å². The first-order valence-electron chi connectivity index (χ1n) is 9.99. The first-order valence-corrected chi connectivity index (χ1v) is 17.2. The van der Waals surface area contributed by atoms with Crippen molar-refractivity contribution in [1.29, 1.82) is 0 Å². The molecule has 0 saturated carbocycles. The van der Waals surface area contributed by atoms with E-state index in [-0.39, 0.29) is 26.2 Å². The molecule has 0 aliphatic carbocycles. The van der Waals surface area contributed by atoms with Crippen LogP contribution in [0.3, 0.4) is 0 Å². The lowest BCUT2D eigenvalue weighted by molar-refractivity contribution is 0.267. The molecule has 0 aromatic heterocycles. The Bertz CT molecular complexity index is 603. The average Bonchev–Trinajstić information content (AvgIpc) is 2.57. The van der Waals surface area contributed by atoms with Gasteiger partial charge in [-0.15, -0.1) is 0 Å². The Morgan fingerprint density at radius 3 is 0.781 bits per heavy atom. The Balaban J connectivity index is 4.43. The lowest BCUT2D eigenvalue weighted by atomic mass is 10.2. The fraction of sp³-hybridized carbons (Fsp3) is 1.00. The maximum absolute atomic E-state index is 11.1. The molecular weight excluding hydrogens is 512 g/mol. The lowest BCUT2D eigenvalue weighted by Gasteiger charge is -2.23. The molecule has 14 nitrogen and oxygen atoms in total. The Kier molecular flexibility index (Phi) is 15.1. The molecule has 0 rings (SSSR count). The van der Waals surface area contributed by atoms with E-state index in [1.54, 1.807) is 9.80 Å². The fourth-order valence-electron chi connectivity index (χ4n) is 2.78. The second-order valence-corrected chi connectivity index (χ2v) is 14.8. The predicted molar refractivity (Wildman–Crippen MR) is 119 cm³/mol. The van der Waals surface area contributed by atoms with E-state index in [2.05, 4.69) is 0 Å². The highest BCUT2D eigenvalue weighted by Gasteiger charge is 2.20. The van der Waals surface area contributed by atoms with Gasteiger partial charge < -0.3 is 48.9 Å². The summed E-state index contributed by atoms with van der Waals surface area (Å²) in [5.41, 5.74) is 0. The van der Waals surface area contributed by atoms with E-state index < -0.39 is 55.0 Å². The molecule has 0 aromatic carbocycles. The van der Waals surface area contributed by atoms with E-state index in [0.717, 1.165) is 0 Å². The first kappa shape index (κ1) is 32.5. The molecule has 0 aromatic rings. The minimum atomic E-state index is -4.23. The van der Waals surface area contributed by atoms with Crippen molar-refractivity contribution in [2.45, 2.75) is 25.7 Å². The smallest absolute Gasteiger partial charge is 0.324 e. The number of nitrogens with zero attached hydrogens (tertiary/aromatic N) is 2. The highest BCUT2D eigenvalue weighted by atomic mass is 31.2. The highest BCUT2D eigenvalue weighted by molar-refractivity contribution is 7.52. The van der Waals surface area contributed by atoms with Gasteiger partial charge in [0.05, 0.1) is 24.6 Å². The van der Waals surface area contributed by atoms with Crippen LogP contribution in [-0.4, -0.2) is 113 Å². The molecule has 0 fully saturated rings. The zero-order valence-electron chi connectivity index (χ0n) is 17.8. The normalized spacial score (nSPS) is 13.9. The molecule has 0 atom stereocenters. The van der Waals surface area contributed by atoms with Crippen LogP contribution in [0, 0.1) is 0 Å². The standard InChI is InChI=1S/C14H36N2O12P4/c17-29(18,19)11-7-15(8-12-30(20,21)22)5-3-1-2-4-6-16(9-13-31(23,24)25)10-14-32(26,27)28/h1-14H2,(H2,17,18,19)(H2,20,21,22)(H2,23,24,25)(H2,26,27,28). The molecule has 0 unspecified atom stereocenters. The third-order valence-electron chi connectivity index (χ3n) is 4.53. The molecule has 194 valence electrons. The minimum absolute atomic E-state index is 0.00279. The Morgan fingerprint density at radius 1 is 0.375 bits per heavy atom. The van der Waals surface area contributed by atoms with Crippen LogP contribution in [0.25, 0.3) is 0 Å². The van der Waals surface area contributed by atoms with Crippen LogP contribution in [0.2, 0.25) is 0 Å². The topological polar surface area (TPSA) is 237 Å². The molecule has 0 heterocycles. The largest absolute Gasteiger partial charge is 0.326 e. The van der Waals surface area contributed by atoms with E-state index >= 15 is 0 Å². The molecule has 18 heteroatoms. The summed E-state index contributed by atoms with van der Waals surface area (Å²) in [5, 5.41) is 0. The minimum Gasteiger partial charge on any atom is -0.324 e. The van der Waals surface area contributed by atoms with Crippen LogP contribution in [0.15, 0.2) is 0 Å². The van der Waals surface area contributed by atoms with Gasteiger partial charge in [-0.25, -0.2) is 0 Å². The lowest BCUT2D eigenvalue weighted by Crippen LogP contribution is -2.31. The monoisotopic (exact) mass is 548 g/mol. The molecule has 0 bridgehead atoms. The number of rotatable bonds is 19. The summed E-state index contributed by atoms with van der Waals surface area (Å²) in [6, 6.07) is 0. The van der Waals surface area contributed by atoms with Gasteiger partial charge in [-0.2, -0.15) is 0 Å². The Labute approximate surface area is 187 Å². The van der Waals surface area contributed by atoms with Gasteiger partial charge in [0.15, 0.2) is 0 Å². The number of unbranched alkanes of at least 4 members (excludes halogenated alkanes) is 3. The van der Waals surface area contributed by atoms with Crippen molar-refractivity contribution in [3.8, 4) is 0 Å². The average molecular weight is 548 g/mol. The molecule has 0 saturated heterocycles. The van der Waals surface area contributed by atoms with Gasteiger partial charge in [0.2, 0.25) is 0 Å². The summed E-state index contributed by atoms with van der Waals surface area (Å²) < 4.78 is 44.2. The third kappa shape index (κ3) is 23.7. The quantitative estimate of drug-likeness (QED) is 0.0775. The molecule has 0 aliphatic rings. The maximum atomic E-state index is 11.1. The van der Waals surface area contributed by atoms with E-state index in [1.807, 2.05) is 0 Å². The summed E-state index contributed by atoms with van der Waals surface area (Å²) in [4.78, 5) is 75.2. The zero-order chi connectivity index (χ0) is 25.1.